The molecule has 1 aromatic heterocycles. The number of methoxy groups -OCH3 is 1. The third-order valence-corrected chi connectivity index (χ3v) is 4.74. The monoisotopic (exact) mass is 407 g/mol. The highest BCUT2D eigenvalue weighted by Crippen LogP contribution is 2.30. The van der Waals surface area contributed by atoms with Crippen molar-refractivity contribution in [1.82, 2.24) is 5.32 Å². The van der Waals surface area contributed by atoms with Crippen LogP contribution in [0.2, 0.25) is 0 Å². The summed E-state index contributed by atoms with van der Waals surface area (Å²) in [4.78, 5) is 24.8. The zero-order chi connectivity index (χ0) is 21.7. The molecule has 0 saturated heterocycles. The Balaban J connectivity index is 1.76. The Morgan fingerprint density at radius 2 is 1.70 bits per heavy atom. The van der Waals surface area contributed by atoms with E-state index in [-0.39, 0.29) is 11.7 Å². The van der Waals surface area contributed by atoms with Gasteiger partial charge in [-0.3, -0.25) is 4.79 Å². The van der Waals surface area contributed by atoms with Crippen molar-refractivity contribution in [2.75, 3.05) is 7.11 Å². The third kappa shape index (κ3) is 4.89. The zero-order valence-corrected chi connectivity index (χ0v) is 17.5. The van der Waals surface area contributed by atoms with Gasteiger partial charge in [-0.25, -0.2) is 4.79 Å². The highest BCUT2D eigenvalue weighted by atomic mass is 16.6. The molecular weight excluding hydrogens is 382 g/mol. The van der Waals surface area contributed by atoms with Crippen LogP contribution in [0.4, 0.5) is 0 Å². The van der Waals surface area contributed by atoms with E-state index in [9.17, 15) is 9.59 Å². The number of nitrogens with one attached hydrogen (secondary N) is 1. The Labute approximate surface area is 175 Å². The summed E-state index contributed by atoms with van der Waals surface area (Å²) in [7, 11) is 1.27. The van der Waals surface area contributed by atoms with E-state index in [1.54, 1.807) is 30.3 Å². The Morgan fingerprint density at radius 1 is 0.967 bits per heavy atom. The first-order valence-corrected chi connectivity index (χ1v) is 9.71. The van der Waals surface area contributed by atoms with Gasteiger partial charge < -0.3 is 19.2 Å². The molecule has 3 aromatic rings. The van der Waals surface area contributed by atoms with Gasteiger partial charge in [0.2, 0.25) is 0 Å². The van der Waals surface area contributed by atoms with E-state index in [0.717, 1.165) is 11.1 Å². The van der Waals surface area contributed by atoms with E-state index in [1.807, 2.05) is 25.1 Å². The second kappa shape index (κ2) is 9.31. The number of ether oxygens (including phenoxy) is 2. The Morgan fingerprint density at radius 3 is 2.37 bits per heavy atom. The molecule has 0 radical (unpaired) electrons. The number of hydrogen-bond donors (Lipinski definition) is 1. The Hall–Kier alpha value is -3.54. The van der Waals surface area contributed by atoms with E-state index in [2.05, 4.69) is 25.2 Å². The molecule has 0 fully saturated rings. The number of rotatable bonds is 7. The predicted octanol–water partition coefficient (Wildman–Crippen LogP) is 5.15. The molecule has 6 heteroatoms. The molecule has 30 heavy (non-hydrogen) atoms. The van der Waals surface area contributed by atoms with Crippen molar-refractivity contribution >= 4 is 11.9 Å². The maximum absolute atomic E-state index is 12.7. The summed E-state index contributed by atoms with van der Waals surface area (Å²) < 4.78 is 16.2. The van der Waals surface area contributed by atoms with Crippen LogP contribution in [-0.4, -0.2) is 19.0 Å². The molecule has 3 rings (SSSR count). The van der Waals surface area contributed by atoms with Gasteiger partial charge in [0, 0.05) is 6.07 Å². The molecule has 1 heterocycles. The number of furan rings is 1. The van der Waals surface area contributed by atoms with Gasteiger partial charge in [0.25, 0.3) is 11.9 Å². The lowest BCUT2D eigenvalue weighted by atomic mass is 10.0. The van der Waals surface area contributed by atoms with Gasteiger partial charge in [0.05, 0.1) is 7.11 Å². The summed E-state index contributed by atoms with van der Waals surface area (Å²) in [5.74, 6) is 0.139. The molecule has 0 aliphatic rings. The van der Waals surface area contributed by atoms with Gasteiger partial charge in [0.1, 0.15) is 5.75 Å². The molecule has 6 nitrogen and oxygen atoms in total. The molecular formula is C24H25NO5. The van der Waals surface area contributed by atoms with Crippen molar-refractivity contribution in [3.05, 3.63) is 83.1 Å². The minimum atomic E-state index is -0.942. The summed E-state index contributed by atoms with van der Waals surface area (Å²) in [6.45, 7) is 6.15. The fourth-order valence-corrected chi connectivity index (χ4v) is 2.94. The van der Waals surface area contributed by atoms with Gasteiger partial charge in [-0.05, 0) is 41.7 Å². The summed E-state index contributed by atoms with van der Waals surface area (Å²) in [5, 5.41) is 2.65. The number of carbonyl (C=O) groups is 2. The largest absolute Gasteiger partial charge is 0.467 e. The lowest BCUT2D eigenvalue weighted by molar-refractivity contribution is -0.143. The molecule has 1 atom stereocenters. The van der Waals surface area contributed by atoms with Crippen molar-refractivity contribution < 1.29 is 23.5 Å². The predicted molar refractivity (Wildman–Crippen MR) is 113 cm³/mol. The molecule has 2 aromatic carbocycles. The summed E-state index contributed by atoms with van der Waals surface area (Å²) in [5.41, 5.74) is 2.71. The van der Waals surface area contributed by atoms with Crippen LogP contribution in [0, 0.1) is 6.92 Å². The highest BCUT2D eigenvalue weighted by Gasteiger charge is 2.25. The van der Waals surface area contributed by atoms with E-state index in [1.165, 1.54) is 13.2 Å². The summed E-state index contributed by atoms with van der Waals surface area (Å²) in [6.07, 6.45) is 0. The average molecular weight is 407 g/mol. The fraction of sp³-hybridized carbons (Fsp3) is 0.250. The number of benzene rings is 2. The maximum atomic E-state index is 12.7. The van der Waals surface area contributed by atoms with Crippen LogP contribution in [-0.2, 0) is 9.53 Å². The number of esters is 1. The lowest BCUT2D eigenvalue weighted by Crippen LogP contribution is -2.34. The minimum Gasteiger partial charge on any atom is -0.467 e. The van der Waals surface area contributed by atoms with Crippen LogP contribution in [0.15, 0.2) is 65.1 Å². The van der Waals surface area contributed by atoms with E-state index < -0.39 is 17.9 Å². The first-order valence-electron chi connectivity index (χ1n) is 9.71. The maximum Gasteiger partial charge on any atom is 0.333 e. The minimum absolute atomic E-state index is 0.0347. The number of carbonyl (C=O) groups excluding carboxylic acids is 2. The first-order chi connectivity index (χ1) is 14.4. The van der Waals surface area contributed by atoms with Crippen molar-refractivity contribution in [2.45, 2.75) is 32.7 Å². The van der Waals surface area contributed by atoms with Gasteiger partial charge in [-0.2, -0.15) is 0 Å². The van der Waals surface area contributed by atoms with Crippen molar-refractivity contribution in [2.24, 2.45) is 0 Å². The molecule has 156 valence electrons. The van der Waals surface area contributed by atoms with Crippen LogP contribution in [0.25, 0.3) is 0 Å². The van der Waals surface area contributed by atoms with Gasteiger partial charge >= 0.3 is 5.97 Å². The summed E-state index contributed by atoms with van der Waals surface area (Å²) in [6, 6.07) is 17.0. The molecule has 1 N–H and O–H groups in total. The Kier molecular flexibility index (Phi) is 6.57. The van der Waals surface area contributed by atoms with E-state index in [4.69, 9.17) is 13.9 Å². The average Bonchev–Trinajstić information content (AvgIpc) is 3.22. The van der Waals surface area contributed by atoms with Crippen LogP contribution < -0.4 is 10.1 Å². The molecule has 1 amide bonds. The lowest BCUT2D eigenvalue weighted by Gasteiger charge is -2.16. The second-order valence-electron chi connectivity index (χ2n) is 7.24. The Bertz CT molecular complexity index is 1020. The molecule has 0 saturated carbocycles. The molecule has 0 unspecified atom stereocenters. The standard InChI is InChI=1S/C24H25NO5/c1-15(2)18-11-10-16(3)20(14-18)30-21-13-12-19(29-21)23(26)25-22(24(27)28-4)17-8-6-5-7-9-17/h5-15,22H,1-4H3,(H,25,26)/t22-/m0/s1. The van der Waals surface area contributed by atoms with E-state index >= 15 is 0 Å². The first kappa shape index (κ1) is 21.2. The summed E-state index contributed by atoms with van der Waals surface area (Å²) >= 11 is 0. The van der Waals surface area contributed by atoms with E-state index in [0.29, 0.717) is 17.2 Å². The van der Waals surface area contributed by atoms with Crippen molar-refractivity contribution in [3.63, 3.8) is 0 Å². The van der Waals surface area contributed by atoms with Crippen LogP contribution in [0.3, 0.4) is 0 Å². The second-order valence-corrected chi connectivity index (χ2v) is 7.24. The van der Waals surface area contributed by atoms with Gasteiger partial charge in [-0.1, -0.05) is 56.3 Å². The number of hydrogen-bond acceptors (Lipinski definition) is 5. The fourth-order valence-electron chi connectivity index (χ4n) is 2.94. The van der Waals surface area contributed by atoms with Crippen LogP contribution >= 0.6 is 0 Å². The van der Waals surface area contributed by atoms with Crippen molar-refractivity contribution in [1.29, 1.82) is 0 Å². The third-order valence-electron chi connectivity index (χ3n) is 4.74. The van der Waals surface area contributed by atoms with Crippen LogP contribution in [0.1, 0.15) is 53.1 Å². The number of amides is 1. The zero-order valence-electron chi connectivity index (χ0n) is 17.5. The van der Waals surface area contributed by atoms with Gasteiger partial charge in [0.15, 0.2) is 11.8 Å². The molecule has 0 aliphatic carbocycles. The smallest absolute Gasteiger partial charge is 0.333 e. The number of aryl methyl sites for hydroxylation is 1. The quantitative estimate of drug-likeness (QED) is 0.548. The molecule has 0 aliphatic heterocycles. The van der Waals surface area contributed by atoms with Crippen LogP contribution in [0.5, 0.6) is 11.7 Å². The van der Waals surface area contributed by atoms with Crippen molar-refractivity contribution in [3.8, 4) is 11.7 Å². The van der Waals surface area contributed by atoms with Gasteiger partial charge in [-0.15, -0.1) is 0 Å². The molecule has 0 spiro atoms. The highest BCUT2D eigenvalue weighted by molar-refractivity contribution is 5.95. The molecule has 0 bridgehead atoms. The normalized spacial score (nSPS) is 11.8. The topological polar surface area (TPSA) is 77.8 Å². The SMILES string of the molecule is COC(=O)[C@@H](NC(=O)c1ccc(Oc2cc(C(C)C)ccc2C)o1)c1ccccc1.